The Hall–Kier alpha value is -3.34. The zero-order chi connectivity index (χ0) is 25.7. The van der Waals surface area contributed by atoms with Gasteiger partial charge < -0.3 is 0 Å². The number of pyridine rings is 1. The number of fused-ring (bicyclic) bond motifs is 1. The molecule has 0 fully saturated rings. The lowest BCUT2D eigenvalue weighted by molar-refractivity contribution is -0.147. The van der Waals surface area contributed by atoms with E-state index in [1.54, 1.807) is 28.5 Å². The number of nitrogens with zero attached hydrogens (tertiary/aromatic N) is 4. The van der Waals surface area contributed by atoms with Crippen LogP contribution in [0.15, 0.2) is 41.6 Å². The average Bonchev–Trinajstić information content (AvgIpc) is 3.33. The highest BCUT2D eigenvalue weighted by Crippen LogP contribution is 2.37. The molecule has 13 heteroatoms. The van der Waals surface area contributed by atoms with Gasteiger partial charge in [0.1, 0.15) is 22.8 Å². The van der Waals surface area contributed by atoms with Gasteiger partial charge in [-0.15, -0.1) is 11.3 Å². The normalized spacial score (nSPS) is 13.2. The predicted molar refractivity (Wildman–Crippen MR) is 122 cm³/mol. The molecule has 182 valence electrons. The van der Waals surface area contributed by atoms with E-state index in [2.05, 4.69) is 16.0 Å². The van der Waals surface area contributed by atoms with Crippen LogP contribution in [0.2, 0.25) is 0 Å². The van der Waals surface area contributed by atoms with Gasteiger partial charge in [0.25, 0.3) is 0 Å². The number of thiazole rings is 1. The zero-order valence-corrected chi connectivity index (χ0v) is 20.1. The summed E-state index contributed by atoms with van der Waals surface area (Å²) in [7, 11) is -4.52. The Morgan fingerprint density at radius 2 is 1.89 bits per heavy atom. The lowest BCUT2D eigenvalue weighted by Gasteiger charge is -2.17. The number of benzene rings is 1. The second-order valence-corrected chi connectivity index (χ2v) is 10.7. The molecule has 1 aromatic carbocycles. The van der Waals surface area contributed by atoms with Gasteiger partial charge in [0.05, 0.1) is 22.5 Å². The molecule has 0 unspecified atom stereocenters. The number of nitrogens with one attached hydrogen (secondary N) is 1. The molecule has 4 rings (SSSR count). The third-order valence-corrected chi connectivity index (χ3v) is 7.70. The summed E-state index contributed by atoms with van der Waals surface area (Å²) in [6.45, 7) is 4.11. The van der Waals surface area contributed by atoms with Crippen LogP contribution >= 0.6 is 11.3 Å². The topological polar surface area (TPSA) is 101 Å². The average molecular weight is 524 g/mol. The lowest BCUT2D eigenvalue weighted by Crippen LogP contribution is -2.42. The van der Waals surface area contributed by atoms with Crippen molar-refractivity contribution in [3.8, 4) is 22.6 Å². The quantitative estimate of drug-likeness (QED) is 0.371. The second-order valence-electron chi connectivity index (χ2n) is 7.81. The van der Waals surface area contributed by atoms with Gasteiger partial charge >= 0.3 is 6.18 Å². The first-order valence-electron chi connectivity index (χ1n) is 10.1. The molecular formula is C22H17F4N5O2S2. The lowest BCUT2D eigenvalue weighted by atomic mass is 10.1. The summed E-state index contributed by atoms with van der Waals surface area (Å²) < 4.78 is 80.9. The standard InChI is InChI=1S/C22H17F4N5O2S2/c1-11-6-19-15(7-17(11)23)16(8-27)20(31(19)21-29-9-12(2)34-21)18-5-4-14(10-28-18)35(32,33)30-13(3)22(24,25)26/h4-7,9-10,13,30H,1-3H3/t13-/m0/s1. The van der Waals surface area contributed by atoms with Crippen LogP contribution in [0.1, 0.15) is 22.9 Å². The fourth-order valence-corrected chi connectivity index (χ4v) is 5.41. The summed E-state index contributed by atoms with van der Waals surface area (Å²) >= 11 is 1.32. The third-order valence-electron chi connectivity index (χ3n) is 5.27. The maximum Gasteiger partial charge on any atom is 0.404 e. The molecule has 0 aliphatic rings. The van der Waals surface area contributed by atoms with Crippen molar-refractivity contribution >= 4 is 32.3 Å². The maximum atomic E-state index is 14.4. The smallest absolute Gasteiger partial charge is 0.282 e. The van der Waals surface area contributed by atoms with E-state index in [1.165, 1.54) is 23.5 Å². The van der Waals surface area contributed by atoms with Crippen molar-refractivity contribution in [1.82, 2.24) is 19.3 Å². The summed E-state index contributed by atoms with van der Waals surface area (Å²) in [5.41, 5.74) is 1.36. The monoisotopic (exact) mass is 523 g/mol. The van der Waals surface area contributed by atoms with E-state index in [0.717, 1.165) is 17.1 Å². The Bertz CT molecular complexity index is 1580. The molecule has 1 atom stereocenters. The Morgan fingerprint density at radius 1 is 1.17 bits per heavy atom. The van der Waals surface area contributed by atoms with E-state index in [4.69, 9.17) is 0 Å². The highest BCUT2D eigenvalue weighted by atomic mass is 32.2. The van der Waals surface area contributed by atoms with E-state index in [9.17, 15) is 31.2 Å². The minimum atomic E-state index is -4.76. The number of alkyl halides is 3. The maximum absolute atomic E-state index is 14.4. The van der Waals surface area contributed by atoms with Crippen molar-refractivity contribution in [2.24, 2.45) is 0 Å². The molecule has 1 N–H and O–H groups in total. The van der Waals surface area contributed by atoms with Gasteiger partial charge in [-0.25, -0.2) is 17.8 Å². The Kier molecular flexibility index (Phi) is 6.16. The number of rotatable bonds is 5. The van der Waals surface area contributed by atoms with Crippen LogP contribution in [-0.4, -0.2) is 35.2 Å². The molecule has 0 aliphatic heterocycles. The van der Waals surface area contributed by atoms with Crippen molar-refractivity contribution in [3.05, 3.63) is 58.5 Å². The number of aromatic nitrogens is 3. The number of aryl methyl sites for hydroxylation is 2. The number of nitriles is 1. The van der Waals surface area contributed by atoms with Crippen molar-refractivity contribution in [1.29, 1.82) is 5.26 Å². The van der Waals surface area contributed by atoms with Gasteiger partial charge in [-0.1, -0.05) is 0 Å². The van der Waals surface area contributed by atoms with E-state index in [-0.39, 0.29) is 17.0 Å². The molecule has 3 heterocycles. The van der Waals surface area contributed by atoms with Crippen LogP contribution in [-0.2, 0) is 10.0 Å². The molecule has 0 amide bonds. The minimum absolute atomic E-state index is 0.0960. The third kappa shape index (κ3) is 4.52. The fourth-order valence-electron chi connectivity index (χ4n) is 3.46. The number of halogens is 4. The molecular weight excluding hydrogens is 506 g/mol. The Labute approximate surface area is 201 Å². The van der Waals surface area contributed by atoms with E-state index < -0.39 is 33.0 Å². The second kappa shape index (κ2) is 8.71. The first kappa shape index (κ1) is 24.8. The first-order valence-corrected chi connectivity index (χ1v) is 12.4. The zero-order valence-electron chi connectivity index (χ0n) is 18.5. The predicted octanol–water partition coefficient (Wildman–Crippen LogP) is 5.01. The van der Waals surface area contributed by atoms with Gasteiger partial charge in [0.15, 0.2) is 5.13 Å². The SMILES string of the molecule is Cc1cnc(-n2c(-c3ccc(S(=O)(=O)N[C@@H](C)C(F)(F)F)cn3)c(C#N)c3cc(F)c(C)cc32)s1. The molecule has 0 spiro atoms. The van der Waals surface area contributed by atoms with Gasteiger partial charge in [-0.2, -0.15) is 23.2 Å². The number of sulfonamides is 1. The summed E-state index contributed by atoms with van der Waals surface area (Å²) in [6.07, 6.45) is -2.22. The van der Waals surface area contributed by atoms with Gasteiger partial charge in [-0.05, 0) is 50.6 Å². The molecule has 0 bridgehead atoms. The van der Waals surface area contributed by atoms with Gasteiger partial charge in [0, 0.05) is 22.7 Å². The van der Waals surface area contributed by atoms with Crippen LogP contribution in [0, 0.1) is 31.0 Å². The summed E-state index contributed by atoms with van der Waals surface area (Å²) in [4.78, 5) is 8.91. The summed E-state index contributed by atoms with van der Waals surface area (Å²) in [5, 5.41) is 10.7. The van der Waals surface area contributed by atoms with Crippen molar-refractivity contribution in [2.45, 2.75) is 37.9 Å². The Balaban J connectivity index is 1.90. The van der Waals surface area contributed by atoms with Gasteiger partial charge in [0.2, 0.25) is 10.0 Å². The van der Waals surface area contributed by atoms with Crippen LogP contribution in [0.25, 0.3) is 27.4 Å². The highest BCUT2D eigenvalue weighted by Gasteiger charge is 2.39. The summed E-state index contributed by atoms with van der Waals surface area (Å²) in [6, 6.07) is 4.95. The van der Waals surface area contributed by atoms with E-state index >= 15 is 0 Å². The number of hydrogen-bond donors (Lipinski definition) is 1. The summed E-state index contributed by atoms with van der Waals surface area (Å²) in [5.74, 6) is -0.507. The largest absolute Gasteiger partial charge is 0.404 e. The molecule has 0 aliphatic carbocycles. The van der Waals surface area contributed by atoms with E-state index in [0.29, 0.717) is 28.5 Å². The van der Waals surface area contributed by atoms with Crippen molar-refractivity contribution in [3.63, 3.8) is 0 Å². The molecule has 4 aromatic rings. The van der Waals surface area contributed by atoms with Crippen molar-refractivity contribution in [2.75, 3.05) is 0 Å². The molecule has 0 saturated heterocycles. The van der Waals surface area contributed by atoms with E-state index in [1.807, 2.05) is 6.92 Å². The van der Waals surface area contributed by atoms with Crippen LogP contribution in [0.4, 0.5) is 17.6 Å². The number of hydrogen-bond acceptors (Lipinski definition) is 6. The molecule has 3 aromatic heterocycles. The highest BCUT2D eigenvalue weighted by molar-refractivity contribution is 7.89. The molecule has 0 saturated carbocycles. The van der Waals surface area contributed by atoms with Crippen LogP contribution < -0.4 is 4.72 Å². The van der Waals surface area contributed by atoms with Gasteiger partial charge in [-0.3, -0.25) is 9.55 Å². The molecule has 0 radical (unpaired) electrons. The van der Waals surface area contributed by atoms with Crippen LogP contribution in [0.3, 0.4) is 0 Å². The minimum Gasteiger partial charge on any atom is -0.282 e. The first-order chi connectivity index (χ1) is 16.3. The Morgan fingerprint density at radius 3 is 2.43 bits per heavy atom. The van der Waals surface area contributed by atoms with Crippen molar-refractivity contribution < 1.29 is 26.0 Å². The molecule has 7 nitrogen and oxygen atoms in total. The van der Waals surface area contributed by atoms with Crippen LogP contribution in [0.5, 0.6) is 0 Å². The molecule has 35 heavy (non-hydrogen) atoms. The fraction of sp³-hybridized carbons (Fsp3) is 0.227.